The SMILES string of the molecule is Cc1cc(NC(=O)NCCN2CCC(N(C)S(=O)(=O)c3cn(C)cn3)C2)c2ccccc2n1. The Balaban J connectivity index is 1.28. The van der Waals surface area contributed by atoms with Crippen LogP contribution in [0.4, 0.5) is 10.5 Å². The summed E-state index contributed by atoms with van der Waals surface area (Å²) in [6, 6.07) is 9.12. The number of benzene rings is 1. The van der Waals surface area contributed by atoms with Crippen LogP contribution in [0.2, 0.25) is 0 Å². The van der Waals surface area contributed by atoms with Gasteiger partial charge in [-0.15, -0.1) is 0 Å². The van der Waals surface area contributed by atoms with E-state index in [1.165, 1.54) is 16.8 Å². The molecule has 1 aliphatic rings. The zero-order chi connectivity index (χ0) is 23.6. The molecule has 176 valence electrons. The second-order valence-corrected chi connectivity index (χ2v) is 10.3. The number of amides is 2. The first kappa shape index (κ1) is 23.1. The lowest BCUT2D eigenvalue weighted by atomic mass is 10.1. The lowest BCUT2D eigenvalue weighted by Crippen LogP contribution is -2.40. The van der Waals surface area contributed by atoms with Crippen LogP contribution in [0, 0.1) is 6.92 Å². The molecule has 2 aromatic heterocycles. The number of fused-ring (bicyclic) bond motifs is 1. The van der Waals surface area contributed by atoms with Crippen molar-refractivity contribution in [3.05, 3.63) is 48.5 Å². The molecule has 2 amide bonds. The van der Waals surface area contributed by atoms with Gasteiger partial charge in [-0.25, -0.2) is 18.2 Å². The second-order valence-electron chi connectivity index (χ2n) is 8.35. The number of hydrogen-bond donors (Lipinski definition) is 2. The summed E-state index contributed by atoms with van der Waals surface area (Å²) < 4.78 is 28.6. The minimum Gasteiger partial charge on any atom is -0.339 e. The summed E-state index contributed by atoms with van der Waals surface area (Å²) in [5.74, 6) is 0. The van der Waals surface area contributed by atoms with Crippen LogP contribution in [0.1, 0.15) is 12.1 Å². The van der Waals surface area contributed by atoms with Crippen molar-refractivity contribution >= 4 is 32.6 Å². The number of carbonyl (C=O) groups is 1. The number of hydrogen-bond acceptors (Lipinski definition) is 6. The first-order chi connectivity index (χ1) is 15.7. The van der Waals surface area contributed by atoms with Gasteiger partial charge >= 0.3 is 6.03 Å². The fourth-order valence-corrected chi connectivity index (χ4v) is 5.42. The molecule has 0 saturated carbocycles. The standard InChI is InChI=1S/C22H29N7O3S/c1-16-12-20(18-6-4-5-7-19(18)25-16)26-22(30)23-9-11-29-10-8-17(13-29)28(3)33(31,32)21-14-27(2)15-24-21/h4-7,12,14-15,17H,8-11,13H2,1-3H3,(H2,23,25,26,30). The number of imidazole rings is 1. The third-order valence-electron chi connectivity index (χ3n) is 5.89. The summed E-state index contributed by atoms with van der Waals surface area (Å²) in [4.78, 5) is 23.1. The van der Waals surface area contributed by atoms with Crippen LogP contribution in [0.3, 0.4) is 0 Å². The van der Waals surface area contributed by atoms with Crippen LogP contribution < -0.4 is 10.6 Å². The van der Waals surface area contributed by atoms with Crippen molar-refractivity contribution in [1.29, 1.82) is 0 Å². The van der Waals surface area contributed by atoms with Gasteiger partial charge in [-0.05, 0) is 32.0 Å². The van der Waals surface area contributed by atoms with E-state index < -0.39 is 10.0 Å². The summed E-state index contributed by atoms with van der Waals surface area (Å²) in [7, 11) is -0.282. The average molecular weight is 472 g/mol. The summed E-state index contributed by atoms with van der Waals surface area (Å²) in [6.07, 6.45) is 3.72. The van der Waals surface area contributed by atoms with Gasteiger partial charge in [0.15, 0.2) is 5.03 Å². The van der Waals surface area contributed by atoms with Crippen LogP contribution >= 0.6 is 0 Å². The van der Waals surface area contributed by atoms with E-state index in [0.717, 1.165) is 35.2 Å². The minimum atomic E-state index is -3.63. The van der Waals surface area contributed by atoms with Gasteiger partial charge in [0.25, 0.3) is 10.0 Å². The molecule has 4 rings (SSSR count). The molecule has 3 aromatic rings. The van der Waals surface area contributed by atoms with Gasteiger partial charge in [0, 0.05) is 57.0 Å². The van der Waals surface area contributed by atoms with Crippen molar-refractivity contribution in [2.24, 2.45) is 7.05 Å². The maximum Gasteiger partial charge on any atom is 0.319 e. The Morgan fingerprint density at radius 3 is 2.85 bits per heavy atom. The van der Waals surface area contributed by atoms with Crippen molar-refractivity contribution in [1.82, 2.24) is 29.1 Å². The van der Waals surface area contributed by atoms with Gasteiger partial charge in [-0.2, -0.15) is 4.31 Å². The molecule has 1 aromatic carbocycles. The largest absolute Gasteiger partial charge is 0.339 e. The van der Waals surface area contributed by atoms with Gasteiger partial charge in [0.2, 0.25) is 0 Å². The van der Waals surface area contributed by atoms with Crippen molar-refractivity contribution in [3.63, 3.8) is 0 Å². The van der Waals surface area contributed by atoms with E-state index in [4.69, 9.17) is 0 Å². The number of likely N-dealkylation sites (N-methyl/N-ethyl adjacent to an activating group) is 1. The number of sulfonamides is 1. The van der Waals surface area contributed by atoms with E-state index in [9.17, 15) is 13.2 Å². The molecule has 1 saturated heterocycles. The molecule has 0 spiro atoms. The van der Waals surface area contributed by atoms with Gasteiger partial charge in [0.1, 0.15) is 0 Å². The van der Waals surface area contributed by atoms with Crippen LogP contribution in [0.25, 0.3) is 10.9 Å². The number of aryl methyl sites for hydroxylation is 2. The number of pyridine rings is 1. The quantitative estimate of drug-likeness (QED) is 0.543. The van der Waals surface area contributed by atoms with Crippen LogP contribution in [0.15, 0.2) is 47.9 Å². The van der Waals surface area contributed by atoms with Crippen LogP contribution in [-0.2, 0) is 17.1 Å². The van der Waals surface area contributed by atoms with E-state index in [2.05, 4.69) is 25.5 Å². The Hall–Kier alpha value is -3.02. The molecular weight excluding hydrogens is 442 g/mol. The molecule has 33 heavy (non-hydrogen) atoms. The highest BCUT2D eigenvalue weighted by Crippen LogP contribution is 2.23. The molecule has 2 N–H and O–H groups in total. The molecule has 1 unspecified atom stereocenters. The molecule has 0 aliphatic carbocycles. The summed E-state index contributed by atoms with van der Waals surface area (Å²) in [5.41, 5.74) is 2.38. The fraction of sp³-hybridized carbons (Fsp3) is 0.409. The number of rotatable bonds is 7. The molecule has 0 bridgehead atoms. The highest BCUT2D eigenvalue weighted by atomic mass is 32.2. The molecule has 3 heterocycles. The first-order valence-corrected chi connectivity index (χ1v) is 12.3. The highest BCUT2D eigenvalue weighted by molar-refractivity contribution is 7.89. The van der Waals surface area contributed by atoms with Gasteiger partial charge < -0.3 is 15.2 Å². The molecule has 1 atom stereocenters. The molecule has 1 aliphatic heterocycles. The maximum atomic E-state index is 12.8. The number of anilines is 1. The zero-order valence-corrected chi connectivity index (χ0v) is 19.8. The molecule has 0 radical (unpaired) electrons. The van der Waals surface area contributed by atoms with Crippen molar-refractivity contribution in [2.45, 2.75) is 24.4 Å². The molecule has 1 fully saturated rings. The topological polar surface area (TPSA) is 112 Å². The number of carbonyl (C=O) groups excluding carboxylic acids is 1. The van der Waals surface area contributed by atoms with Gasteiger partial charge in [-0.3, -0.25) is 9.88 Å². The normalized spacial score (nSPS) is 17.0. The number of likely N-dealkylation sites (tertiary alicyclic amines) is 1. The van der Waals surface area contributed by atoms with Crippen LogP contribution in [-0.4, -0.2) is 77.5 Å². The van der Waals surface area contributed by atoms with E-state index in [1.54, 1.807) is 18.7 Å². The summed E-state index contributed by atoms with van der Waals surface area (Å²) in [6.45, 7) is 4.36. The maximum absolute atomic E-state index is 12.8. The van der Waals surface area contributed by atoms with E-state index in [1.807, 2.05) is 37.3 Å². The number of nitrogens with one attached hydrogen (secondary N) is 2. The summed E-state index contributed by atoms with van der Waals surface area (Å²) >= 11 is 0. The predicted molar refractivity (Wildman–Crippen MR) is 127 cm³/mol. The monoisotopic (exact) mass is 471 g/mol. The fourth-order valence-electron chi connectivity index (χ4n) is 4.08. The first-order valence-electron chi connectivity index (χ1n) is 10.8. The third kappa shape index (κ3) is 5.15. The van der Waals surface area contributed by atoms with E-state index >= 15 is 0 Å². The van der Waals surface area contributed by atoms with Crippen LogP contribution in [0.5, 0.6) is 0 Å². The average Bonchev–Trinajstić information content (AvgIpc) is 3.42. The third-order valence-corrected chi connectivity index (χ3v) is 7.69. The Bertz CT molecular complexity index is 1260. The van der Waals surface area contributed by atoms with Gasteiger partial charge in [-0.1, -0.05) is 18.2 Å². The van der Waals surface area contributed by atoms with Crippen molar-refractivity contribution in [2.75, 3.05) is 38.5 Å². The Labute approximate surface area is 193 Å². The second kappa shape index (κ2) is 9.46. The highest BCUT2D eigenvalue weighted by Gasteiger charge is 2.34. The zero-order valence-electron chi connectivity index (χ0n) is 19.0. The van der Waals surface area contributed by atoms with E-state index in [-0.39, 0.29) is 17.1 Å². The Kier molecular flexibility index (Phi) is 6.63. The molecule has 11 heteroatoms. The minimum absolute atomic E-state index is 0.0585. The van der Waals surface area contributed by atoms with Gasteiger partial charge in [0.05, 0.1) is 17.5 Å². The summed E-state index contributed by atoms with van der Waals surface area (Å²) in [5, 5.41) is 6.75. The number of urea groups is 1. The van der Waals surface area contributed by atoms with E-state index in [0.29, 0.717) is 19.6 Å². The smallest absolute Gasteiger partial charge is 0.319 e. The predicted octanol–water partition coefficient (Wildman–Crippen LogP) is 1.79. The molecule has 10 nitrogen and oxygen atoms in total. The van der Waals surface area contributed by atoms with Crippen molar-refractivity contribution in [3.8, 4) is 0 Å². The number of para-hydroxylation sites is 1. The number of aromatic nitrogens is 3. The Morgan fingerprint density at radius 2 is 2.09 bits per heavy atom. The lowest BCUT2D eigenvalue weighted by molar-refractivity contribution is 0.248. The molecular formula is C22H29N7O3S. The lowest BCUT2D eigenvalue weighted by Gasteiger charge is -2.23. The number of nitrogens with zero attached hydrogens (tertiary/aromatic N) is 5. The van der Waals surface area contributed by atoms with Crippen molar-refractivity contribution < 1.29 is 13.2 Å². The Morgan fingerprint density at radius 1 is 1.30 bits per heavy atom.